The minimum Gasteiger partial charge on any atom is -0.373 e. The van der Waals surface area contributed by atoms with Gasteiger partial charge in [0, 0.05) is 24.1 Å². The summed E-state index contributed by atoms with van der Waals surface area (Å²) in [6.45, 7) is 1.47. The molecule has 1 atom stereocenters. The van der Waals surface area contributed by atoms with Crippen molar-refractivity contribution in [2.45, 2.75) is 19.6 Å². The van der Waals surface area contributed by atoms with Gasteiger partial charge in [0.25, 0.3) is 0 Å². The van der Waals surface area contributed by atoms with Crippen LogP contribution in [0.3, 0.4) is 0 Å². The van der Waals surface area contributed by atoms with Crippen molar-refractivity contribution in [3.63, 3.8) is 0 Å². The number of nitrogens with zero attached hydrogens (tertiary/aromatic N) is 4. The molecule has 7 nitrogen and oxygen atoms in total. The second-order valence-corrected chi connectivity index (χ2v) is 7.40. The molecule has 0 saturated heterocycles. The topological polar surface area (TPSA) is 82.8 Å². The van der Waals surface area contributed by atoms with Crippen molar-refractivity contribution in [2.24, 2.45) is 0 Å². The summed E-state index contributed by atoms with van der Waals surface area (Å²) in [6, 6.07) is 10.3. The zero-order valence-corrected chi connectivity index (χ0v) is 17.6. The molecule has 0 aliphatic carbocycles. The molecule has 2 N–H and O–H groups in total. The number of pyridine rings is 2. The van der Waals surface area contributed by atoms with Gasteiger partial charge in [0.2, 0.25) is 5.91 Å². The Balaban J connectivity index is 1.60. The van der Waals surface area contributed by atoms with E-state index >= 15 is 4.39 Å². The lowest BCUT2D eigenvalue weighted by atomic mass is 10.1. The Morgan fingerprint density at radius 3 is 2.84 bits per heavy atom. The Hall–Kier alpha value is -3.56. The average molecular weight is 458 g/mol. The highest BCUT2D eigenvalue weighted by molar-refractivity contribution is 6.31. The van der Waals surface area contributed by atoms with Crippen LogP contribution in [0.5, 0.6) is 0 Å². The van der Waals surface area contributed by atoms with Gasteiger partial charge in [0.15, 0.2) is 5.82 Å². The second-order valence-electron chi connectivity index (χ2n) is 7.02. The van der Waals surface area contributed by atoms with Crippen molar-refractivity contribution in [1.29, 1.82) is 0 Å². The van der Waals surface area contributed by atoms with Gasteiger partial charge >= 0.3 is 0 Å². The van der Waals surface area contributed by atoms with Crippen LogP contribution >= 0.6 is 11.6 Å². The lowest BCUT2D eigenvalue weighted by molar-refractivity contribution is -0.115. The van der Waals surface area contributed by atoms with Crippen LogP contribution in [-0.2, 0) is 11.2 Å². The third-order valence-corrected chi connectivity index (χ3v) is 5.21. The zero-order chi connectivity index (χ0) is 22.8. The van der Waals surface area contributed by atoms with Gasteiger partial charge in [0.05, 0.1) is 23.3 Å². The lowest BCUT2D eigenvalue weighted by Crippen LogP contribution is -2.29. The fourth-order valence-corrected chi connectivity index (χ4v) is 3.54. The third-order valence-electron chi connectivity index (χ3n) is 4.79. The molecule has 1 aromatic carbocycles. The highest BCUT2D eigenvalue weighted by atomic mass is 35.5. The summed E-state index contributed by atoms with van der Waals surface area (Å²) in [5.74, 6) is -1.40. The smallest absolute Gasteiger partial charge is 0.228 e. The van der Waals surface area contributed by atoms with E-state index in [0.717, 1.165) is 0 Å². The quantitative estimate of drug-likeness (QED) is 0.421. The number of benzene rings is 1. The first kappa shape index (κ1) is 21.7. The number of hydrogen-bond donors (Lipinski definition) is 2. The molecule has 1 unspecified atom stereocenters. The summed E-state index contributed by atoms with van der Waals surface area (Å²) in [4.78, 5) is 18.0. The zero-order valence-electron chi connectivity index (χ0n) is 16.8. The van der Waals surface area contributed by atoms with E-state index in [2.05, 4.69) is 15.4 Å². The number of aromatic nitrogens is 3. The van der Waals surface area contributed by atoms with Crippen LogP contribution in [0.2, 0.25) is 5.02 Å². The van der Waals surface area contributed by atoms with E-state index in [1.54, 1.807) is 18.3 Å². The van der Waals surface area contributed by atoms with Gasteiger partial charge in [-0.15, -0.1) is 0 Å². The predicted octanol–water partition coefficient (Wildman–Crippen LogP) is 4.32. The van der Waals surface area contributed by atoms with Gasteiger partial charge in [-0.2, -0.15) is 5.10 Å². The molecule has 0 spiro atoms. The van der Waals surface area contributed by atoms with Gasteiger partial charge in [-0.25, -0.2) is 18.3 Å². The number of carbonyl (C=O) groups is 1. The fourth-order valence-electron chi connectivity index (χ4n) is 3.35. The molecule has 1 amide bonds. The number of amides is 1. The van der Waals surface area contributed by atoms with E-state index in [0.29, 0.717) is 11.3 Å². The van der Waals surface area contributed by atoms with Gasteiger partial charge in [-0.05, 0) is 36.8 Å². The molecule has 10 heteroatoms. The summed E-state index contributed by atoms with van der Waals surface area (Å²) in [6.07, 6.45) is 3.19. The molecule has 0 saturated carbocycles. The number of carbonyl (C=O) groups excluding carboxylic acids is 1. The summed E-state index contributed by atoms with van der Waals surface area (Å²) >= 11 is 5.92. The predicted molar refractivity (Wildman–Crippen MR) is 117 cm³/mol. The fraction of sp³-hybridized carbons (Fsp3) is 0.136. The molecule has 3 aromatic heterocycles. The van der Waals surface area contributed by atoms with Crippen molar-refractivity contribution >= 4 is 40.2 Å². The monoisotopic (exact) mass is 457 g/mol. The Bertz CT molecular complexity index is 1290. The standard InChI is InChI=1S/C22H18ClF2N5O2/c1-13(31)30(18-7-10-29-17(22(18)25)6-9-27-29)19-12-15(5-8-26-19)28-20(32)11-14-3-2-4-16(24)21(14)23/h2-10,12-13,31H,11H2,1H3,(H,26,28,32). The Morgan fingerprint density at radius 2 is 2.06 bits per heavy atom. The van der Waals surface area contributed by atoms with Crippen LogP contribution in [0.25, 0.3) is 5.52 Å². The minimum atomic E-state index is -1.13. The van der Waals surface area contributed by atoms with Crippen molar-refractivity contribution < 1.29 is 18.7 Å². The number of aliphatic hydroxyl groups is 1. The molecule has 0 fully saturated rings. The molecule has 164 valence electrons. The molecule has 3 heterocycles. The van der Waals surface area contributed by atoms with E-state index in [1.807, 2.05) is 0 Å². The Morgan fingerprint density at radius 1 is 1.25 bits per heavy atom. The molecular formula is C22H18ClF2N5O2. The maximum Gasteiger partial charge on any atom is 0.228 e. The van der Waals surface area contributed by atoms with E-state index in [-0.39, 0.29) is 28.5 Å². The van der Waals surface area contributed by atoms with E-state index in [1.165, 1.54) is 59.1 Å². The maximum atomic E-state index is 15.1. The number of halogens is 3. The molecule has 4 aromatic rings. The lowest BCUT2D eigenvalue weighted by Gasteiger charge is -2.27. The summed E-state index contributed by atoms with van der Waals surface area (Å²) in [7, 11) is 0. The van der Waals surface area contributed by atoms with Crippen molar-refractivity contribution in [2.75, 3.05) is 10.2 Å². The number of anilines is 3. The first-order valence-corrected chi connectivity index (χ1v) is 10.0. The van der Waals surface area contributed by atoms with Crippen molar-refractivity contribution in [3.8, 4) is 0 Å². The minimum absolute atomic E-state index is 0.0931. The van der Waals surface area contributed by atoms with Crippen LogP contribution in [0.1, 0.15) is 12.5 Å². The highest BCUT2D eigenvalue weighted by Gasteiger charge is 2.22. The van der Waals surface area contributed by atoms with Crippen molar-refractivity contribution in [1.82, 2.24) is 14.6 Å². The maximum absolute atomic E-state index is 15.1. The van der Waals surface area contributed by atoms with Crippen LogP contribution < -0.4 is 10.2 Å². The van der Waals surface area contributed by atoms with Crippen LogP contribution in [0.4, 0.5) is 26.0 Å². The first-order chi connectivity index (χ1) is 15.3. The van der Waals surface area contributed by atoms with Gasteiger partial charge in [0.1, 0.15) is 23.4 Å². The third kappa shape index (κ3) is 4.25. The normalized spacial score (nSPS) is 12.0. The summed E-state index contributed by atoms with van der Waals surface area (Å²) < 4.78 is 30.1. The summed E-state index contributed by atoms with van der Waals surface area (Å²) in [5.41, 5.74) is 1.05. The van der Waals surface area contributed by atoms with E-state index < -0.39 is 23.8 Å². The Labute approximate surface area is 186 Å². The number of hydrogen-bond acceptors (Lipinski definition) is 5. The highest BCUT2D eigenvalue weighted by Crippen LogP contribution is 2.31. The number of fused-ring (bicyclic) bond motifs is 1. The molecule has 0 bridgehead atoms. The molecule has 0 aliphatic heterocycles. The first-order valence-electron chi connectivity index (χ1n) is 9.63. The molecule has 0 radical (unpaired) electrons. The number of rotatable bonds is 6. The average Bonchev–Trinajstić information content (AvgIpc) is 3.23. The van der Waals surface area contributed by atoms with Gasteiger partial charge in [-0.3, -0.25) is 9.69 Å². The number of nitrogens with one attached hydrogen (secondary N) is 1. The van der Waals surface area contributed by atoms with Gasteiger partial charge in [-0.1, -0.05) is 23.7 Å². The van der Waals surface area contributed by atoms with Crippen LogP contribution in [-0.4, -0.2) is 31.8 Å². The summed E-state index contributed by atoms with van der Waals surface area (Å²) in [5, 5.41) is 16.9. The molecule has 32 heavy (non-hydrogen) atoms. The molecular weight excluding hydrogens is 440 g/mol. The largest absolute Gasteiger partial charge is 0.373 e. The second kappa shape index (κ2) is 8.89. The van der Waals surface area contributed by atoms with E-state index in [4.69, 9.17) is 11.6 Å². The van der Waals surface area contributed by atoms with Gasteiger partial charge < -0.3 is 10.4 Å². The van der Waals surface area contributed by atoms with Crippen LogP contribution in [0.15, 0.2) is 61.1 Å². The van der Waals surface area contributed by atoms with Crippen LogP contribution in [0, 0.1) is 11.6 Å². The number of aliphatic hydroxyl groups excluding tert-OH is 1. The molecule has 0 aliphatic rings. The van der Waals surface area contributed by atoms with Crippen molar-refractivity contribution in [3.05, 3.63) is 83.3 Å². The SMILES string of the molecule is CC(O)N(c1cc(NC(=O)Cc2cccc(F)c2Cl)ccn1)c1ccn2nccc2c1F. The van der Waals surface area contributed by atoms with E-state index in [9.17, 15) is 14.3 Å². The molecule has 4 rings (SSSR count). The Kier molecular flexibility index (Phi) is 6.02.